The lowest BCUT2D eigenvalue weighted by molar-refractivity contribution is 0.0669. The molecule has 0 radical (unpaired) electrons. The first-order chi connectivity index (χ1) is 48.0. The van der Waals surface area contributed by atoms with Crippen molar-refractivity contribution in [2.24, 2.45) is 0 Å². The number of anilines is 3. The number of aromatic nitrogens is 9. The van der Waals surface area contributed by atoms with Gasteiger partial charge in [-0.15, -0.1) is 0 Å². The van der Waals surface area contributed by atoms with Crippen LogP contribution in [-0.4, -0.2) is 136 Å². The summed E-state index contributed by atoms with van der Waals surface area (Å²) < 4.78 is 36.3. The zero-order valence-electron chi connectivity index (χ0n) is 58.5. The maximum atomic E-state index is 13.1. The number of carbonyl (C=O) groups excluding carboxylic acids is 4. The predicted molar refractivity (Wildman–Crippen MR) is 393 cm³/mol. The number of ether oxygens (including phenoxy) is 3. The summed E-state index contributed by atoms with van der Waals surface area (Å²) in [5, 5.41) is 51.1. The summed E-state index contributed by atoms with van der Waals surface area (Å²) in [6.07, 6.45) is 24.7. The standard InChI is InChI=1S/C26H35ClN4O4Si.C26H33ClN4O4Si.C20H21ClN4O4/c2*1-26(2,3)36(4,5)35-20-9-7-19(8-10-20)34-23-11-6-18(27)12-22(23)30-25(33)21-14-29-31-15-17(16-32)13-28-24(21)31;21-13-1-6-18(29-15-4-2-14(27)3-5-15)17(7-13)24-20(28)16-9-23-25-10-12(11-26)8-22-19(16)25/h6,11-15,19-20,32H,7-10,16H2,1-5H3,(H,30,33);6,11-16,19-20H,7-10H2,1-5H3,(H,30,33);1,6-10,14-15,26-27H,2-5,11H2,(H,24,28). The third kappa shape index (κ3) is 19.2. The van der Waals surface area contributed by atoms with E-state index in [0.29, 0.717) is 113 Å². The highest BCUT2D eigenvalue weighted by atomic mass is 35.5. The van der Waals surface area contributed by atoms with Crippen LogP contribution in [0.4, 0.5) is 17.1 Å². The number of hydrogen-bond donors (Lipinski definition) is 6. The van der Waals surface area contributed by atoms with E-state index in [4.69, 9.17) is 57.9 Å². The minimum Gasteiger partial charge on any atom is -0.488 e. The summed E-state index contributed by atoms with van der Waals surface area (Å²) in [4.78, 5) is 62.7. The second-order valence-corrected chi connectivity index (χ2v) is 39.7. The number of nitrogens with zero attached hydrogens (tertiary/aromatic N) is 9. The average molecular weight is 1480 g/mol. The summed E-state index contributed by atoms with van der Waals surface area (Å²) in [7, 11) is -3.61. The van der Waals surface area contributed by atoms with Gasteiger partial charge in [0.25, 0.3) is 17.7 Å². The van der Waals surface area contributed by atoms with E-state index in [0.717, 1.165) is 64.2 Å². The summed E-state index contributed by atoms with van der Waals surface area (Å²) in [5.74, 6) is 0.511. The Morgan fingerprint density at radius 1 is 0.485 bits per heavy atom. The molecule has 0 spiro atoms. The maximum absolute atomic E-state index is 13.1. The van der Waals surface area contributed by atoms with Gasteiger partial charge >= 0.3 is 0 Å². The molecule has 3 aromatic carbocycles. The van der Waals surface area contributed by atoms with Crippen molar-refractivity contribution in [2.45, 2.75) is 205 Å². The molecule has 0 unspecified atom stereocenters. The number of hydrogen-bond acceptors (Lipinski definition) is 18. The van der Waals surface area contributed by atoms with E-state index in [2.05, 4.69) is 114 Å². The number of aliphatic hydroxyl groups excluding tert-OH is 3. The van der Waals surface area contributed by atoms with Crippen LogP contribution in [0.3, 0.4) is 0 Å². The minimum atomic E-state index is -1.81. The van der Waals surface area contributed by atoms with Crippen molar-refractivity contribution < 1.29 is 57.6 Å². The summed E-state index contributed by atoms with van der Waals surface area (Å²) in [6.45, 7) is 22.4. The predicted octanol–water partition coefficient (Wildman–Crippen LogP) is 14.8. The van der Waals surface area contributed by atoms with Crippen LogP contribution in [0, 0.1) is 0 Å². The van der Waals surface area contributed by atoms with Crippen molar-refractivity contribution in [1.82, 2.24) is 43.8 Å². The molecular weight excluding hydrogens is 1390 g/mol. The van der Waals surface area contributed by atoms with Crippen LogP contribution in [0.5, 0.6) is 17.2 Å². The fraction of sp³-hybridized carbons (Fsp3) is 0.444. The molecule has 6 N–H and O–H groups in total. The quantitative estimate of drug-likeness (QED) is 0.0324. The molecule has 24 nitrogen and oxygen atoms in total. The normalized spacial score (nSPS) is 18.9. The SMILES string of the molecule is CC(C)(C)[Si](C)(C)OC1CCC(Oc2ccc(Cl)cc2NC(=O)c2cnn3cc(C=O)cnc23)CC1.CC(C)(C)[Si](C)(C)OC1CCC(Oc2ccc(Cl)cc2NC(=O)c2cnn3cc(CO)cnc23)CC1.O=C(Nc1cc(Cl)ccc1OC1CCC(O)CC1)c1cnn2cc(CO)cnc12. The van der Waals surface area contributed by atoms with Crippen LogP contribution in [0.15, 0.2) is 110 Å². The highest BCUT2D eigenvalue weighted by molar-refractivity contribution is 6.74. The van der Waals surface area contributed by atoms with Crippen LogP contribution in [0.25, 0.3) is 16.9 Å². The van der Waals surface area contributed by atoms with E-state index < -0.39 is 28.4 Å². The maximum Gasteiger partial charge on any atom is 0.261 e. The van der Waals surface area contributed by atoms with Gasteiger partial charge in [-0.25, -0.2) is 28.5 Å². The molecule has 3 saturated carbocycles. The van der Waals surface area contributed by atoms with Gasteiger partial charge in [0.15, 0.2) is 39.9 Å². The van der Waals surface area contributed by atoms with Gasteiger partial charge in [-0.05, 0) is 168 Å². The molecule has 3 fully saturated rings. The molecule has 12 rings (SSSR count). The Morgan fingerprint density at radius 2 is 0.792 bits per heavy atom. The molecule has 3 aliphatic carbocycles. The van der Waals surface area contributed by atoms with Gasteiger partial charge in [0.2, 0.25) is 0 Å². The molecule has 6 aromatic heterocycles. The van der Waals surface area contributed by atoms with E-state index in [1.807, 2.05) is 0 Å². The molecule has 0 saturated heterocycles. The molecule has 0 bridgehead atoms. The molecule has 0 atom stereocenters. The summed E-state index contributed by atoms with van der Waals surface area (Å²) in [6, 6.07) is 15.5. The lowest BCUT2D eigenvalue weighted by Crippen LogP contribution is -2.45. The highest BCUT2D eigenvalue weighted by Crippen LogP contribution is 2.43. The minimum absolute atomic E-state index is 0.0224. The fourth-order valence-electron chi connectivity index (χ4n) is 11.5. The number of fused-ring (bicyclic) bond motifs is 3. The zero-order valence-corrected chi connectivity index (χ0v) is 62.8. The molecule has 101 heavy (non-hydrogen) atoms. The number of aliphatic hydroxyl groups is 3. The first-order valence-electron chi connectivity index (χ1n) is 34.0. The van der Waals surface area contributed by atoms with Crippen molar-refractivity contribution in [1.29, 1.82) is 0 Å². The van der Waals surface area contributed by atoms with E-state index in [-0.39, 0.29) is 71.4 Å². The van der Waals surface area contributed by atoms with Crippen molar-refractivity contribution in [3.8, 4) is 17.2 Å². The second kappa shape index (κ2) is 32.6. The van der Waals surface area contributed by atoms with Gasteiger partial charge in [0.1, 0.15) is 33.9 Å². The van der Waals surface area contributed by atoms with Gasteiger partial charge in [0, 0.05) is 75.6 Å². The van der Waals surface area contributed by atoms with Crippen LogP contribution in [-0.2, 0) is 22.1 Å². The molecular formula is C72H89Cl3N12O12Si2. The molecule has 3 amide bonds. The van der Waals surface area contributed by atoms with Crippen molar-refractivity contribution >= 4 is 109 Å². The van der Waals surface area contributed by atoms with Crippen molar-refractivity contribution in [3.63, 3.8) is 0 Å². The van der Waals surface area contributed by atoms with Crippen LogP contribution in [0.1, 0.15) is 171 Å². The van der Waals surface area contributed by atoms with Crippen molar-refractivity contribution in [2.75, 3.05) is 16.0 Å². The monoisotopic (exact) mass is 1470 g/mol. The number of rotatable bonds is 19. The zero-order chi connectivity index (χ0) is 72.6. The lowest BCUT2D eigenvalue weighted by Gasteiger charge is -2.41. The second-order valence-electron chi connectivity index (χ2n) is 28.8. The molecule has 0 aliphatic heterocycles. The van der Waals surface area contributed by atoms with E-state index >= 15 is 0 Å². The lowest BCUT2D eigenvalue weighted by atomic mass is 9.95. The van der Waals surface area contributed by atoms with Gasteiger partial charge < -0.3 is 54.3 Å². The van der Waals surface area contributed by atoms with Gasteiger partial charge in [-0.3, -0.25) is 19.2 Å². The molecule has 29 heteroatoms. The largest absolute Gasteiger partial charge is 0.488 e. The number of nitrogens with one attached hydrogen (secondary N) is 3. The first kappa shape index (κ1) is 75.8. The summed E-state index contributed by atoms with van der Waals surface area (Å²) >= 11 is 18.6. The number of benzene rings is 3. The Kier molecular flexibility index (Phi) is 24.5. The van der Waals surface area contributed by atoms with E-state index in [9.17, 15) is 34.5 Å². The van der Waals surface area contributed by atoms with Gasteiger partial charge in [-0.1, -0.05) is 76.3 Å². The van der Waals surface area contributed by atoms with Crippen LogP contribution >= 0.6 is 34.8 Å². The van der Waals surface area contributed by atoms with E-state index in [1.54, 1.807) is 67.0 Å². The molecule has 6 heterocycles. The van der Waals surface area contributed by atoms with Crippen LogP contribution < -0.4 is 30.2 Å². The third-order valence-electron chi connectivity index (χ3n) is 19.3. The number of aldehydes is 1. The highest BCUT2D eigenvalue weighted by Gasteiger charge is 2.42. The molecule has 3 aliphatic rings. The molecule has 538 valence electrons. The fourth-order valence-corrected chi connectivity index (χ4v) is 14.9. The third-order valence-corrected chi connectivity index (χ3v) is 29.1. The Hall–Kier alpha value is -7.90. The Morgan fingerprint density at radius 3 is 1.11 bits per heavy atom. The Bertz CT molecular complexity index is 4400. The van der Waals surface area contributed by atoms with Crippen LogP contribution in [0.2, 0.25) is 51.3 Å². The Balaban J connectivity index is 0.000000164. The van der Waals surface area contributed by atoms with Gasteiger partial charge in [-0.2, -0.15) is 15.3 Å². The smallest absolute Gasteiger partial charge is 0.261 e. The van der Waals surface area contributed by atoms with Crippen molar-refractivity contribution in [3.05, 3.63) is 159 Å². The number of carbonyl (C=O) groups is 4. The Labute approximate surface area is 604 Å². The number of halogens is 3. The summed E-state index contributed by atoms with van der Waals surface area (Å²) in [5.41, 5.74) is 5.02. The van der Waals surface area contributed by atoms with Gasteiger partial charge in [0.05, 0.1) is 78.8 Å². The average Bonchev–Trinajstić information content (AvgIpc) is 1.70. The van der Waals surface area contributed by atoms with E-state index in [1.165, 1.54) is 56.9 Å². The number of amides is 3. The molecule has 9 aromatic rings. The first-order valence-corrected chi connectivity index (χ1v) is 40.9. The topological polar surface area (TPSA) is 302 Å².